The van der Waals surface area contributed by atoms with Gasteiger partial charge in [-0.3, -0.25) is 9.69 Å². The molecule has 2 aliphatic heterocycles. The average molecular weight is 347 g/mol. The predicted octanol–water partition coefficient (Wildman–Crippen LogP) is 2.62. The highest BCUT2D eigenvalue weighted by Gasteiger charge is 2.32. The van der Waals surface area contributed by atoms with Crippen LogP contribution >= 0.6 is 0 Å². The normalized spacial score (nSPS) is 26.4. The molecule has 2 N–H and O–H groups in total. The minimum Gasteiger partial charge on any atom is -0.342 e. The molecule has 2 aliphatic rings. The topological polar surface area (TPSA) is 49.6 Å². The number of carbonyl (C=O) groups is 1. The lowest BCUT2D eigenvalue weighted by atomic mass is 9.90. The lowest BCUT2D eigenvalue weighted by molar-refractivity contribution is -0.139. The Bertz CT molecular complexity index is 592. The van der Waals surface area contributed by atoms with E-state index in [-0.39, 0.29) is 23.7 Å². The molecule has 1 aromatic rings. The summed E-state index contributed by atoms with van der Waals surface area (Å²) >= 11 is 0. The van der Waals surface area contributed by atoms with E-state index in [0.29, 0.717) is 12.5 Å². The molecule has 0 aliphatic carbocycles. The molecule has 1 amide bonds. The van der Waals surface area contributed by atoms with Crippen LogP contribution in [0, 0.1) is 17.7 Å². The molecule has 25 heavy (non-hydrogen) atoms. The number of rotatable bonds is 4. The average Bonchev–Trinajstić information content (AvgIpc) is 2.61. The molecule has 0 radical (unpaired) electrons. The zero-order valence-electron chi connectivity index (χ0n) is 15.2. The summed E-state index contributed by atoms with van der Waals surface area (Å²) in [6.45, 7) is 6.17. The van der Waals surface area contributed by atoms with Crippen LogP contribution in [-0.2, 0) is 11.3 Å². The number of nitrogens with zero attached hydrogens (tertiary/aromatic N) is 2. The quantitative estimate of drug-likeness (QED) is 0.911. The van der Waals surface area contributed by atoms with Gasteiger partial charge in [-0.05, 0) is 62.8 Å². The zero-order valence-corrected chi connectivity index (χ0v) is 15.2. The summed E-state index contributed by atoms with van der Waals surface area (Å²) in [4.78, 5) is 17.3. The maximum atomic E-state index is 13.4. The van der Waals surface area contributed by atoms with Crippen LogP contribution in [0.3, 0.4) is 0 Å². The summed E-state index contributed by atoms with van der Waals surface area (Å²) in [5.41, 5.74) is 7.03. The van der Waals surface area contributed by atoms with Crippen molar-refractivity contribution < 1.29 is 9.18 Å². The standard InChI is InChI=1S/C20H30FN3O/c1-15(22)17-6-4-10-24(14-17)20(25)18-7-3-9-23(13-18)12-16-5-2-8-19(21)11-16/h2,5,8,11,15,17-18H,3-4,6-7,9-10,12-14,22H2,1H3. The Labute approximate surface area is 150 Å². The minimum atomic E-state index is -0.197. The predicted molar refractivity (Wildman–Crippen MR) is 97.4 cm³/mol. The first kappa shape index (κ1) is 18.3. The van der Waals surface area contributed by atoms with E-state index in [1.807, 2.05) is 17.9 Å². The molecule has 0 spiro atoms. The van der Waals surface area contributed by atoms with Crippen molar-refractivity contribution in [2.45, 2.75) is 45.2 Å². The van der Waals surface area contributed by atoms with E-state index in [1.54, 1.807) is 12.1 Å². The fourth-order valence-electron chi connectivity index (χ4n) is 4.19. The Kier molecular flexibility index (Phi) is 6.07. The summed E-state index contributed by atoms with van der Waals surface area (Å²) < 4.78 is 13.4. The first-order valence-corrected chi connectivity index (χ1v) is 9.54. The molecular formula is C20H30FN3O. The number of likely N-dealkylation sites (tertiary alicyclic amines) is 2. The van der Waals surface area contributed by atoms with E-state index < -0.39 is 0 Å². The molecule has 3 unspecified atom stereocenters. The van der Waals surface area contributed by atoms with Crippen LogP contribution in [0.15, 0.2) is 24.3 Å². The van der Waals surface area contributed by atoms with E-state index in [1.165, 1.54) is 6.07 Å². The van der Waals surface area contributed by atoms with Gasteiger partial charge in [0.1, 0.15) is 5.82 Å². The highest BCUT2D eigenvalue weighted by molar-refractivity contribution is 5.79. The first-order chi connectivity index (χ1) is 12.0. The van der Waals surface area contributed by atoms with Crippen LogP contribution in [-0.4, -0.2) is 47.9 Å². The summed E-state index contributed by atoms with van der Waals surface area (Å²) in [6.07, 6.45) is 4.16. The Hall–Kier alpha value is -1.46. The minimum absolute atomic E-state index is 0.0640. The number of amides is 1. The first-order valence-electron chi connectivity index (χ1n) is 9.54. The molecule has 5 heteroatoms. The molecule has 2 heterocycles. The van der Waals surface area contributed by atoms with Crippen molar-refractivity contribution in [3.63, 3.8) is 0 Å². The zero-order chi connectivity index (χ0) is 17.8. The lowest BCUT2D eigenvalue weighted by Crippen LogP contribution is -2.50. The highest BCUT2D eigenvalue weighted by atomic mass is 19.1. The Morgan fingerprint density at radius 1 is 1.28 bits per heavy atom. The van der Waals surface area contributed by atoms with Gasteiger partial charge in [-0.25, -0.2) is 4.39 Å². The van der Waals surface area contributed by atoms with E-state index in [2.05, 4.69) is 4.90 Å². The van der Waals surface area contributed by atoms with Crippen molar-refractivity contribution >= 4 is 5.91 Å². The molecule has 3 atom stereocenters. The van der Waals surface area contributed by atoms with Gasteiger partial charge in [0.2, 0.25) is 5.91 Å². The summed E-state index contributed by atoms with van der Waals surface area (Å²) in [6, 6.07) is 6.90. The number of hydrogen-bond acceptors (Lipinski definition) is 3. The number of nitrogens with two attached hydrogens (primary N) is 1. The fourth-order valence-corrected chi connectivity index (χ4v) is 4.19. The van der Waals surface area contributed by atoms with Crippen molar-refractivity contribution in [2.75, 3.05) is 26.2 Å². The molecule has 4 nitrogen and oxygen atoms in total. The Morgan fingerprint density at radius 3 is 2.84 bits per heavy atom. The van der Waals surface area contributed by atoms with Crippen molar-refractivity contribution in [1.82, 2.24) is 9.80 Å². The van der Waals surface area contributed by atoms with E-state index in [4.69, 9.17) is 5.73 Å². The third-order valence-electron chi connectivity index (χ3n) is 5.66. The molecular weight excluding hydrogens is 317 g/mol. The van der Waals surface area contributed by atoms with Crippen LogP contribution < -0.4 is 5.73 Å². The number of carbonyl (C=O) groups excluding carboxylic acids is 1. The van der Waals surface area contributed by atoms with Gasteiger partial charge >= 0.3 is 0 Å². The van der Waals surface area contributed by atoms with Crippen LogP contribution in [0.5, 0.6) is 0 Å². The number of halogens is 1. The summed E-state index contributed by atoms with van der Waals surface area (Å²) in [5.74, 6) is 0.575. The largest absolute Gasteiger partial charge is 0.342 e. The van der Waals surface area contributed by atoms with Crippen molar-refractivity contribution in [1.29, 1.82) is 0 Å². The molecule has 2 saturated heterocycles. The maximum absolute atomic E-state index is 13.4. The van der Waals surface area contributed by atoms with E-state index in [0.717, 1.165) is 57.4 Å². The van der Waals surface area contributed by atoms with Gasteiger partial charge in [-0.1, -0.05) is 12.1 Å². The smallest absolute Gasteiger partial charge is 0.226 e. The maximum Gasteiger partial charge on any atom is 0.226 e. The molecule has 138 valence electrons. The second-order valence-corrected chi connectivity index (χ2v) is 7.75. The molecule has 0 bridgehead atoms. The fraction of sp³-hybridized carbons (Fsp3) is 0.650. The van der Waals surface area contributed by atoms with Crippen molar-refractivity contribution in [3.05, 3.63) is 35.6 Å². The van der Waals surface area contributed by atoms with E-state index in [9.17, 15) is 9.18 Å². The molecule has 0 aromatic heterocycles. The molecule has 1 aromatic carbocycles. The second kappa shape index (κ2) is 8.28. The van der Waals surface area contributed by atoms with Gasteiger partial charge < -0.3 is 10.6 Å². The molecule has 0 saturated carbocycles. The number of piperidine rings is 2. The van der Waals surface area contributed by atoms with Crippen LogP contribution in [0.1, 0.15) is 38.2 Å². The lowest BCUT2D eigenvalue weighted by Gasteiger charge is -2.39. The van der Waals surface area contributed by atoms with Crippen molar-refractivity contribution in [3.8, 4) is 0 Å². The van der Waals surface area contributed by atoms with Crippen molar-refractivity contribution in [2.24, 2.45) is 17.6 Å². The highest BCUT2D eigenvalue weighted by Crippen LogP contribution is 2.25. The SMILES string of the molecule is CC(N)C1CCCN(C(=O)C2CCCN(Cc3cccc(F)c3)C2)C1. The van der Waals surface area contributed by atoms with Gasteiger partial charge in [-0.15, -0.1) is 0 Å². The van der Waals surface area contributed by atoms with Crippen LogP contribution in [0.2, 0.25) is 0 Å². The third-order valence-corrected chi connectivity index (χ3v) is 5.66. The molecule has 3 rings (SSSR count). The van der Waals surface area contributed by atoms with Crippen LogP contribution in [0.25, 0.3) is 0 Å². The van der Waals surface area contributed by atoms with Gasteiger partial charge in [0.25, 0.3) is 0 Å². The second-order valence-electron chi connectivity index (χ2n) is 7.75. The molecule has 2 fully saturated rings. The Morgan fingerprint density at radius 2 is 2.08 bits per heavy atom. The van der Waals surface area contributed by atoms with Gasteiger partial charge in [0.15, 0.2) is 0 Å². The van der Waals surface area contributed by atoms with Gasteiger partial charge in [0, 0.05) is 32.2 Å². The summed E-state index contributed by atoms with van der Waals surface area (Å²) in [5, 5.41) is 0. The number of hydrogen-bond donors (Lipinski definition) is 1. The monoisotopic (exact) mass is 347 g/mol. The van der Waals surface area contributed by atoms with Crippen LogP contribution in [0.4, 0.5) is 4.39 Å². The number of benzene rings is 1. The summed E-state index contributed by atoms with van der Waals surface area (Å²) in [7, 11) is 0. The third kappa shape index (κ3) is 4.79. The Balaban J connectivity index is 1.58. The van der Waals surface area contributed by atoms with E-state index >= 15 is 0 Å². The van der Waals surface area contributed by atoms with Gasteiger partial charge in [-0.2, -0.15) is 0 Å². The van der Waals surface area contributed by atoms with Gasteiger partial charge in [0.05, 0.1) is 5.92 Å².